The third-order valence-electron chi connectivity index (χ3n) is 6.28. The number of hydrogen-bond donors (Lipinski definition) is 1. The lowest BCUT2D eigenvalue weighted by Gasteiger charge is -2.25. The van der Waals surface area contributed by atoms with Crippen molar-refractivity contribution in [1.29, 1.82) is 0 Å². The van der Waals surface area contributed by atoms with E-state index in [0.29, 0.717) is 18.9 Å². The first-order valence-electron chi connectivity index (χ1n) is 10.9. The van der Waals surface area contributed by atoms with Gasteiger partial charge in [0.15, 0.2) is 0 Å². The van der Waals surface area contributed by atoms with Crippen LogP contribution in [0.1, 0.15) is 35.3 Å². The van der Waals surface area contributed by atoms with Crippen LogP contribution in [0.2, 0.25) is 0 Å². The summed E-state index contributed by atoms with van der Waals surface area (Å²) in [5, 5.41) is 5.07. The molecule has 0 spiro atoms. The Morgan fingerprint density at radius 3 is 3.10 bits per heavy atom. The number of rotatable bonds is 4. The van der Waals surface area contributed by atoms with Crippen LogP contribution in [0.15, 0.2) is 47.5 Å². The first-order valence-corrected chi connectivity index (χ1v) is 11.7. The Morgan fingerprint density at radius 1 is 1.35 bits per heavy atom. The van der Waals surface area contributed by atoms with E-state index in [-0.39, 0.29) is 17.9 Å². The van der Waals surface area contributed by atoms with Crippen LogP contribution < -0.4 is 5.32 Å². The summed E-state index contributed by atoms with van der Waals surface area (Å²) >= 11 is 1.78. The van der Waals surface area contributed by atoms with Gasteiger partial charge in [0.2, 0.25) is 11.8 Å². The van der Waals surface area contributed by atoms with Gasteiger partial charge in [-0.2, -0.15) is 0 Å². The van der Waals surface area contributed by atoms with Gasteiger partial charge in [0.1, 0.15) is 5.82 Å². The predicted octanol–water partition coefficient (Wildman–Crippen LogP) is 3.47. The molecule has 2 amide bonds. The normalized spacial score (nSPS) is 21.4. The molecule has 5 rings (SSSR count). The van der Waals surface area contributed by atoms with Crippen molar-refractivity contribution in [3.05, 3.63) is 63.5 Å². The average molecular weight is 435 g/mol. The molecule has 3 aliphatic rings. The standard InChI is InChI=1S/C24H26N4O2S/c29-22(27-10-7-17(8-11-27)14-20-3-2-12-31-20)6-5-18-13-19-16-28-9-1-4-21(28)24(30)26-23(19)25-15-18/h2-3,5-7,12-13,15,21H,1,4,8-11,14,16H2,(H,25,26,30)/b6-5+/t21-/m0/s1. The largest absolute Gasteiger partial charge is 0.335 e. The zero-order chi connectivity index (χ0) is 21.2. The molecule has 0 radical (unpaired) electrons. The summed E-state index contributed by atoms with van der Waals surface area (Å²) in [5.74, 6) is 0.704. The van der Waals surface area contributed by atoms with Crippen LogP contribution in [0.4, 0.5) is 5.82 Å². The molecule has 0 aromatic carbocycles. The Kier molecular flexibility index (Phi) is 5.70. The number of pyridine rings is 1. The van der Waals surface area contributed by atoms with E-state index in [1.165, 1.54) is 10.5 Å². The number of carbonyl (C=O) groups excluding carboxylic acids is 2. The average Bonchev–Trinajstić information content (AvgIpc) is 3.44. The molecule has 2 aromatic heterocycles. The van der Waals surface area contributed by atoms with Crippen molar-refractivity contribution in [1.82, 2.24) is 14.8 Å². The van der Waals surface area contributed by atoms with Crippen LogP contribution in [0.5, 0.6) is 0 Å². The van der Waals surface area contributed by atoms with Crippen molar-refractivity contribution in [2.24, 2.45) is 0 Å². The second kappa shape index (κ2) is 8.77. The number of fused-ring (bicyclic) bond motifs is 2. The molecule has 1 atom stereocenters. The second-order valence-corrected chi connectivity index (χ2v) is 9.41. The lowest BCUT2D eigenvalue weighted by molar-refractivity contribution is -0.125. The fraction of sp³-hybridized carbons (Fsp3) is 0.375. The van der Waals surface area contributed by atoms with Crippen LogP contribution in [0, 0.1) is 0 Å². The number of nitrogens with one attached hydrogen (secondary N) is 1. The molecule has 5 heterocycles. The molecule has 6 nitrogen and oxygen atoms in total. The van der Waals surface area contributed by atoms with Gasteiger partial charge in [-0.25, -0.2) is 4.98 Å². The van der Waals surface area contributed by atoms with E-state index < -0.39 is 0 Å². The number of hydrogen-bond acceptors (Lipinski definition) is 5. The number of anilines is 1. The number of carbonyl (C=O) groups is 2. The van der Waals surface area contributed by atoms with Crippen molar-refractivity contribution >= 4 is 35.0 Å². The maximum absolute atomic E-state index is 12.7. The smallest absolute Gasteiger partial charge is 0.246 e. The van der Waals surface area contributed by atoms with E-state index in [4.69, 9.17) is 0 Å². The van der Waals surface area contributed by atoms with Crippen LogP contribution >= 0.6 is 11.3 Å². The van der Waals surface area contributed by atoms with Crippen molar-refractivity contribution in [2.45, 2.75) is 38.3 Å². The molecule has 1 fully saturated rings. The monoisotopic (exact) mass is 434 g/mol. The maximum Gasteiger partial charge on any atom is 0.246 e. The van der Waals surface area contributed by atoms with E-state index >= 15 is 0 Å². The topological polar surface area (TPSA) is 65.5 Å². The highest BCUT2D eigenvalue weighted by Crippen LogP contribution is 2.28. The molecule has 7 heteroatoms. The lowest BCUT2D eigenvalue weighted by Crippen LogP contribution is -2.36. The van der Waals surface area contributed by atoms with E-state index in [1.807, 2.05) is 17.0 Å². The Labute approximate surface area is 186 Å². The summed E-state index contributed by atoms with van der Waals surface area (Å²) in [7, 11) is 0. The zero-order valence-corrected chi connectivity index (χ0v) is 18.2. The number of amides is 2. The number of thiophene rings is 1. The van der Waals surface area contributed by atoms with E-state index in [1.54, 1.807) is 23.6 Å². The minimum absolute atomic E-state index is 0.0225. The van der Waals surface area contributed by atoms with Crippen LogP contribution in [-0.2, 0) is 22.6 Å². The van der Waals surface area contributed by atoms with Crippen molar-refractivity contribution in [3.8, 4) is 0 Å². The highest BCUT2D eigenvalue weighted by molar-refractivity contribution is 7.09. The fourth-order valence-corrected chi connectivity index (χ4v) is 5.32. The van der Waals surface area contributed by atoms with Gasteiger partial charge in [0.25, 0.3) is 0 Å². The highest BCUT2D eigenvalue weighted by atomic mass is 32.1. The van der Waals surface area contributed by atoms with Crippen LogP contribution in [-0.4, -0.2) is 52.3 Å². The minimum Gasteiger partial charge on any atom is -0.335 e. The van der Waals surface area contributed by atoms with E-state index in [0.717, 1.165) is 49.9 Å². The third-order valence-corrected chi connectivity index (χ3v) is 7.16. The molecular weight excluding hydrogens is 408 g/mol. The van der Waals surface area contributed by atoms with E-state index in [9.17, 15) is 9.59 Å². The van der Waals surface area contributed by atoms with E-state index in [2.05, 4.69) is 38.8 Å². The molecule has 160 valence electrons. The fourth-order valence-electron chi connectivity index (χ4n) is 4.57. The van der Waals surface area contributed by atoms with Gasteiger partial charge in [0.05, 0.1) is 6.04 Å². The molecule has 1 N–H and O–H groups in total. The summed E-state index contributed by atoms with van der Waals surface area (Å²) in [5.41, 5.74) is 3.30. The molecule has 31 heavy (non-hydrogen) atoms. The highest BCUT2D eigenvalue weighted by Gasteiger charge is 2.34. The molecule has 0 bridgehead atoms. The quantitative estimate of drug-likeness (QED) is 0.591. The maximum atomic E-state index is 12.7. The summed E-state index contributed by atoms with van der Waals surface area (Å²) in [6.45, 7) is 3.07. The molecular formula is C24H26N4O2S. The van der Waals surface area contributed by atoms with Crippen LogP contribution in [0.3, 0.4) is 0 Å². The van der Waals surface area contributed by atoms with Gasteiger partial charge < -0.3 is 10.2 Å². The molecule has 3 aliphatic heterocycles. The van der Waals surface area contributed by atoms with Gasteiger partial charge in [0, 0.05) is 48.8 Å². The number of nitrogens with zero attached hydrogens (tertiary/aromatic N) is 3. The molecule has 0 aliphatic carbocycles. The van der Waals surface area contributed by atoms with Crippen LogP contribution in [0.25, 0.3) is 6.08 Å². The second-order valence-electron chi connectivity index (χ2n) is 8.38. The lowest BCUT2D eigenvalue weighted by atomic mass is 10.0. The van der Waals surface area contributed by atoms with Crippen molar-refractivity contribution in [3.63, 3.8) is 0 Å². The Hall–Kier alpha value is -2.77. The van der Waals surface area contributed by atoms with Crippen molar-refractivity contribution < 1.29 is 9.59 Å². The zero-order valence-electron chi connectivity index (χ0n) is 17.4. The summed E-state index contributed by atoms with van der Waals surface area (Å²) in [6.07, 6.45) is 11.2. The summed E-state index contributed by atoms with van der Waals surface area (Å²) in [6, 6.07) is 6.23. The number of aromatic nitrogens is 1. The first kappa shape index (κ1) is 20.2. The minimum atomic E-state index is -0.0494. The van der Waals surface area contributed by atoms with Gasteiger partial charge in [-0.05, 0) is 55.0 Å². The molecule has 0 unspecified atom stereocenters. The van der Waals surface area contributed by atoms with Gasteiger partial charge in [-0.1, -0.05) is 17.7 Å². The first-order chi connectivity index (χ1) is 15.2. The Balaban J connectivity index is 1.22. The molecule has 0 saturated carbocycles. The predicted molar refractivity (Wildman–Crippen MR) is 123 cm³/mol. The third kappa shape index (κ3) is 4.48. The SMILES string of the molecule is O=C1Nc2ncc(/C=C/C(=O)N3CC=C(Cc4cccs4)CC3)cc2CN2CCC[C@@H]12. The molecule has 1 saturated heterocycles. The van der Waals surface area contributed by atoms with Gasteiger partial charge in [-0.15, -0.1) is 11.3 Å². The summed E-state index contributed by atoms with van der Waals surface area (Å²) in [4.78, 5) is 35.0. The van der Waals surface area contributed by atoms with Gasteiger partial charge >= 0.3 is 0 Å². The Bertz CT molecular complexity index is 1040. The van der Waals surface area contributed by atoms with Crippen molar-refractivity contribution in [2.75, 3.05) is 25.0 Å². The Morgan fingerprint density at radius 2 is 2.29 bits per heavy atom. The molecule has 2 aromatic rings. The van der Waals surface area contributed by atoms with Gasteiger partial charge in [-0.3, -0.25) is 14.5 Å². The summed E-state index contributed by atoms with van der Waals surface area (Å²) < 4.78 is 0.